The van der Waals surface area contributed by atoms with Gasteiger partial charge in [0.25, 0.3) is 0 Å². The standard InChI is InChI=1S/C15H14N4O2S/c1-9-6-10(2)19-7-11(18-15(19)17-9)8-22-13-12(14(20)21)4-3-5-16-13/h3-7H,8H2,1-2H3,(H,20,21)/p+1. The Kier molecular flexibility index (Phi) is 3.81. The minimum absolute atomic E-state index is 0.224. The van der Waals surface area contributed by atoms with Crippen molar-refractivity contribution in [3.05, 3.63) is 53.2 Å². The fraction of sp³-hybridized carbons (Fsp3) is 0.200. The van der Waals surface area contributed by atoms with Gasteiger partial charge in [0.15, 0.2) is 0 Å². The summed E-state index contributed by atoms with van der Waals surface area (Å²) in [5.74, 6) is 0.418. The Balaban J connectivity index is 1.86. The number of H-pyrrole nitrogens is 1. The van der Waals surface area contributed by atoms with E-state index in [2.05, 4.69) is 15.0 Å². The van der Waals surface area contributed by atoms with Crippen LogP contribution in [0.2, 0.25) is 0 Å². The number of aromatic carboxylic acids is 1. The first-order valence-corrected chi connectivity index (χ1v) is 7.72. The maximum Gasteiger partial charge on any atom is 0.401 e. The topological polar surface area (TPSA) is 83.0 Å². The Labute approximate surface area is 131 Å². The number of pyridine rings is 1. The Bertz CT molecular complexity index is 860. The summed E-state index contributed by atoms with van der Waals surface area (Å²) < 4.78 is 1.99. The Hall–Kier alpha value is -2.41. The number of carboxylic acids is 1. The molecule has 0 amide bonds. The molecule has 0 aliphatic heterocycles. The van der Waals surface area contributed by atoms with E-state index in [4.69, 9.17) is 5.11 Å². The number of hydrogen-bond donors (Lipinski definition) is 2. The number of carboxylic acid groups (broad SMARTS) is 1. The van der Waals surface area contributed by atoms with Crippen molar-refractivity contribution >= 4 is 23.5 Å². The van der Waals surface area contributed by atoms with Gasteiger partial charge in [-0.15, -0.1) is 0 Å². The quantitative estimate of drug-likeness (QED) is 0.569. The fourth-order valence-electron chi connectivity index (χ4n) is 2.26. The van der Waals surface area contributed by atoms with Gasteiger partial charge in [0.1, 0.15) is 22.6 Å². The van der Waals surface area contributed by atoms with Gasteiger partial charge in [0, 0.05) is 12.3 Å². The van der Waals surface area contributed by atoms with Crippen LogP contribution in [0.1, 0.15) is 27.4 Å². The maximum atomic E-state index is 11.2. The Morgan fingerprint density at radius 3 is 3.05 bits per heavy atom. The molecule has 3 aromatic rings. The SMILES string of the molecule is Cc1cc(C)[n+]2cc(CSc3ncccc3C(=O)O)[nH]c2n1. The van der Waals surface area contributed by atoms with Gasteiger partial charge in [-0.05, 0) is 26.0 Å². The van der Waals surface area contributed by atoms with Crippen LogP contribution in [0.25, 0.3) is 5.78 Å². The number of fused-ring (bicyclic) bond motifs is 1. The third-order valence-electron chi connectivity index (χ3n) is 3.23. The maximum absolute atomic E-state index is 11.2. The minimum Gasteiger partial charge on any atom is -0.478 e. The van der Waals surface area contributed by atoms with Crippen LogP contribution < -0.4 is 4.40 Å². The number of hydrogen-bond acceptors (Lipinski definition) is 4. The van der Waals surface area contributed by atoms with Gasteiger partial charge in [-0.2, -0.15) is 0 Å². The number of carbonyl (C=O) groups is 1. The second kappa shape index (κ2) is 5.76. The summed E-state index contributed by atoms with van der Waals surface area (Å²) in [5, 5.41) is 9.68. The highest BCUT2D eigenvalue weighted by atomic mass is 32.2. The number of imidazole rings is 1. The number of aromatic amines is 1. The molecule has 0 bridgehead atoms. The van der Waals surface area contributed by atoms with E-state index in [1.807, 2.05) is 30.5 Å². The van der Waals surface area contributed by atoms with Gasteiger partial charge >= 0.3 is 11.7 Å². The molecule has 112 valence electrons. The van der Waals surface area contributed by atoms with Crippen molar-refractivity contribution in [2.75, 3.05) is 0 Å². The van der Waals surface area contributed by atoms with E-state index in [9.17, 15) is 4.79 Å². The molecule has 0 atom stereocenters. The molecule has 0 unspecified atom stereocenters. The molecule has 6 nitrogen and oxygen atoms in total. The number of aryl methyl sites for hydroxylation is 2. The highest BCUT2D eigenvalue weighted by Crippen LogP contribution is 2.23. The zero-order chi connectivity index (χ0) is 15.7. The lowest BCUT2D eigenvalue weighted by Crippen LogP contribution is -2.24. The summed E-state index contributed by atoms with van der Waals surface area (Å²) in [6.45, 7) is 3.98. The minimum atomic E-state index is -0.963. The third kappa shape index (κ3) is 2.80. The molecule has 2 N–H and O–H groups in total. The van der Waals surface area contributed by atoms with E-state index in [0.29, 0.717) is 10.8 Å². The zero-order valence-corrected chi connectivity index (χ0v) is 13.0. The van der Waals surface area contributed by atoms with Crippen molar-refractivity contribution < 1.29 is 14.3 Å². The largest absolute Gasteiger partial charge is 0.478 e. The molecule has 3 heterocycles. The van der Waals surface area contributed by atoms with Crippen LogP contribution in [0, 0.1) is 13.8 Å². The molecular formula is C15H15N4O2S+. The highest BCUT2D eigenvalue weighted by molar-refractivity contribution is 7.98. The van der Waals surface area contributed by atoms with Crippen molar-refractivity contribution in [3.8, 4) is 0 Å². The molecule has 0 fully saturated rings. The molecule has 7 heteroatoms. The molecule has 0 aromatic carbocycles. The number of thioether (sulfide) groups is 1. The molecule has 0 saturated carbocycles. The lowest BCUT2D eigenvalue weighted by Gasteiger charge is -2.01. The van der Waals surface area contributed by atoms with Crippen molar-refractivity contribution in [2.45, 2.75) is 24.6 Å². The summed E-state index contributed by atoms with van der Waals surface area (Å²) in [5.41, 5.74) is 3.24. The smallest absolute Gasteiger partial charge is 0.401 e. The van der Waals surface area contributed by atoms with Crippen LogP contribution >= 0.6 is 11.8 Å². The molecule has 0 spiro atoms. The summed E-state index contributed by atoms with van der Waals surface area (Å²) >= 11 is 1.39. The summed E-state index contributed by atoms with van der Waals surface area (Å²) in [6.07, 6.45) is 3.58. The highest BCUT2D eigenvalue weighted by Gasteiger charge is 2.15. The second-order valence-corrected chi connectivity index (χ2v) is 5.93. The monoisotopic (exact) mass is 315 g/mol. The van der Waals surface area contributed by atoms with Gasteiger partial charge in [0.05, 0.1) is 17.0 Å². The summed E-state index contributed by atoms with van der Waals surface area (Å²) in [7, 11) is 0. The van der Waals surface area contributed by atoms with Crippen LogP contribution in [-0.2, 0) is 5.75 Å². The third-order valence-corrected chi connectivity index (χ3v) is 4.29. The predicted octanol–water partition coefficient (Wildman–Crippen LogP) is 2.15. The van der Waals surface area contributed by atoms with E-state index in [1.165, 1.54) is 11.8 Å². The number of aromatic nitrogens is 4. The van der Waals surface area contributed by atoms with E-state index in [-0.39, 0.29) is 5.56 Å². The average Bonchev–Trinajstić information content (AvgIpc) is 2.88. The van der Waals surface area contributed by atoms with E-state index < -0.39 is 5.97 Å². The molecule has 0 aliphatic rings. The summed E-state index contributed by atoms with van der Waals surface area (Å²) in [6, 6.07) is 5.20. The van der Waals surface area contributed by atoms with Crippen LogP contribution in [0.3, 0.4) is 0 Å². The van der Waals surface area contributed by atoms with Gasteiger partial charge < -0.3 is 5.11 Å². The zero-order valence-electron chi connectivity index (χ0n) is 12.2. The molecule has 3 rings (SSSR count). The van der Waals surface area contributed by atoms with Gasteiger partial charge in [0.2, 0.25) is 0 Å². The molecule has 0 saturated heterocycles. The van der Waals surface area contributed by atoms with Crippen molar-refractivity contribution in [1.29, 1.82) is 0 Å². The van der Waals surface area contributed by atoms with Crippen LogP contribution in [0.5, 0.6) is 0 Å². The first kappa shape index (κ1) is 14.5. The normalized spacial score (nSPS) is 11.0. The lowest BCUT2D eigenvalue weighted by atomic mass is 10.3. The Morgan fingerprint density at radius 1 is 1.45 bits per heavy atom. The van der Waals surface area contributed by atoms with Crippen LogP contribution in [-0.4, -0.2) is 26.0 Å². The molecule has 0 aliphatic carbocycles. The van der Waals surface area contributed by atoms with E-state index in [1.54, 1.807) is 18.3 Å². The van der Waals surface area contributed by atoms with Crippen molar-refractivity contribution in [3.63, 3.8) is 0 Å². The second-order valence-electron chi connectivity index (χ2n) is 4.96. The van der Waals surface area contributed by atoms with Gasteiger partial charge in [-0.1, -0.05) is 16.7 Å². The van der Waals surface area contributed by atoms with Crippen LogP contribution in [0.4, 0.5) is 0 Å². The predicted molar refractivity (Wildman–Crippen MR) is 82.0 cm³/mol. The van der Waals surface area contributed by atoms with E-state index >= 15 is 0 Å². The molecule has 22 heavy (non-hydrogen) atoms. The van der Waals surface area contributed by atoms with Crippen LogP contribution in [0.15, 0.2) is 35.6 Å². The van der Waals surface area contributed by atoms with E-state index in [0.717, 1.165) is 22.9 Å². The molecule has 0 radical (unpaired) electrons. The molecular weight excluding hydrogens is 300 g/mol. The number of rotatable bonds is 4. The van der Waals surface area contributed by atoms with Gasteiger partial charge in [-0.25, -0.2) is 19.2 Å². The fourth-order valence-corrected chi connectivity index (χ4v) is 3.15. The van der Waals surface area contributed by atoms with Gasteiger partial charge in [-0.3, -0.25) is 0 Å². The number of nitrogens with one attached hydrogen (secondary N) is 1. The Morgan fingerprint density at radius 2 is 2.27 bits per heavy atom. The average molecular weight is 315 g/mol. The lowest BCUT2D eigenvalue weighted by molar-refractivity contribution is -0.520. The van der Waals surface area contributed by atoms with Crippen molar-refractivity contribution in [2.24, 2.45) is 0 Å². The summed E-state index contributed by atoms with van der Waals surface area (Å²) in [4.78, 5) is 23.0. The number of nitrogens with zero attached hydrogens (tertiary/aromatic N) is 3. The first-order valence-electron chi connectivity index (χ1n) is 6.73. The first-order chi connectivity index (χ1) is 10.5. The van der Waals surface area contributed by atoms with Crippen molar-refractivity contribution in [1.82, 2.24) is 15.0 Å². The molecule has 3 aromatic heterocycles.